The topological polar surface area (TPSA) is 50.2 Å². The summed E-state index contributed by atoms with van der Waals surface area (Å²) in [5.74, 6) is 2.14. The van der Waals surface area contributed by atoms with Crippen LogP contribution in [0.2, 0.25) is 0 Å². The molecular formula is C21H26N4O. The van der Waals surface area contributed by atoms with Crippen LogP contribution >= 0.6 is 0 Å². The van der Waals surface area contributed by atoms with E-state index in [1.54, 1.807) is 0 Å². The quantitative estimate of drug-likeness (QED) is 0.926. The van der Waals surface area contributed by atoms with Crippen molar-refractivity contribution in [3.05, 3.63) is 47.8 Å². The van der Waals surface area contributed by atoms with Gasteiger partial charge in [0.1, 0.15) is 5.69 Å². The second kappa shape index (κ2) is 6.54. The lowest BCUT2D eigenvalue weighted by Gasteiger charge is -2.21. The normalized spacial score (nSPS) is 25.8. The highest BCUT2D eigenvalue weighted by Crippen LogP contribution is 2.40. The van der Waals surface area contributed by atoms with E-state index in [0.717, 1.165) is 67.9 Å². The second-order valence-corrected chi connectivity index (χ2v) is 8.02. The number of benzene rings is 1. The van der Waals surface area contributed by atoms with Crippen LogP contribution in [0, 0.1) is 11.8 Å². The Morgan fingerprint density at radius 3 is 2.35 bits per heavy atom. The minimum atomic E-state index is 0.140. The molecule has 5 nitrogen and oxygen atoms in total. The van der Waals surface area contributed by atoms with Crippen LogP contribution < -0.4 is 5.32 Å². The highest BCUT2D eigenvalue weighted by molar-refractivity contribution is 5.93. The number of hydrogen-bond acceptors (Lipinski definition) is 3. The maximum absolute atomic E-state index is 13.4. The molecule has 1 aliphatic carbocycles. The van der Waals surface area contributed by atoms with Gasteiger partial charge in [-0.1, -0.05) is 18.2 Å². The SMILES string of the molecule is O=C(c1cc(C2CC2)nn1-c1ccccc1)N1CC[C@@H]2CNC[C@@H]2CC1. The molecule has 0 bridgehead atoms. The Morgan fingerprint density at radius 1 is 1.00 bits per heavy atom. The van der Waals surface area contributed by atoms with Gasteiger partial charge >= 0.3 is 0 Å². The highest BCUT2D eigenvalue weighted by Gasteiger charge is 2.34. The first-order valence-electron chi connectivity index (χ1n) is 9.95. The van der Waals surface area contributed by atoms with Crippen LogP contribution in [-0.4, -0.2) is 46.8 Å². The molecule has 5 rings (SSSR count). The minimum Gasteiger partial charge on any atom is -0.337 e. The van der Waals surface area contributed by atoms with Gasteiger partial charge in [0, 0.05) is 19.0 Å². The van der Waals surface area contributed by atoms with Crippen molar-refractivity contribution >= 4 is 5.91 Å². The van der Waals surface area contributed by atoms with Crippen molar-refractivity contribution < 1.29 is 4.79 Å². The number of aromatic nitrogens is 2. The van der Waals surface area contributed by atoms with Gasteiger partial charge in [0.15, 0.2) is 0 Å². The number of carbonyl (C=O) groups excluding carboxylic acids is 1. The second-order valence-electron chi connectivity index (χ2n) is 8.02. The van der Waals surface area contributed by atoms with Crippen LogP contribution in [0.4, 0.5) is 0 Å². The lowest BCUT2D eigenvalue weighted by Crippen LogP contribution is -2.34. The van der Waals surface area contributed by atoms with Gasteiger partial charge in [0.05, 0.1) is 11.4 Å². The van der Waals surface area contributed by atoms with E-state index in [-0.39, 0.29) is 5.91 Å². The van der Waals surface area contributed by atoms with Crippen LogP contribution in [0.3, 0.4) is 0 Å². The molecule has 2 aromatic rings. The number of nitrogens with one attached hydrogen (secondary N) is 1. The molecule has 3 fully saturated rings. The minimum absolute atomic E-state index is 0.140. The standard InChI is InChI=1S/C21H26N4O/c26-21(24-10-8-16-13-22-14-17(16)9-11-24)20-12-19(15-6-7-15)23-25(20)18-4-2-1-3-5-18/h1-5,12,15-17,22H,6-11,13-14H2/t16-,17+. The lowest BCUT2D eigenvalue weighted by atomic mass is 9.92. The summed E-state index contributed by atoms with van der Waals surface area (Å²) in [5, 5.41) is 8.30. The third-order valence-corrected chi connectivity index (χ3v) is 6.25. The third kappa shape index (κ3) is 2.94. The molecule has 2 aliphatic heterocycles. The largest absolute Gasteiger partial charge is 0.337 e. The van der Waals surface area contributed by atoms with Crippen molar-refractivity contribution in [3.63, 3.8) is 0 Å². The zero-order chi connectivity index (χ0) is 17.5. The van der Waals surface area contributed by atoms with E-state index in [2.05, 4.69) is 10.2 Å². The number of nitrogens with zero attached hydrogens (tertiary/aromatic N) is 3. The summed E-state index contributed by atoms with van der Waals surface area (Å²) < 4.78 is 1.86. The Bertz CT molecular complexity index is 782. The summed E-state index contributed by atoms with van der Waals surface area (Å²) in [6, 6.07) is 12.1. The number of amides is 1. The van der Waals surface area contributed by atoms with E-state index < -0.39 is 0 Å². The molecule has 0 unspecified atom stereocenters. The van der Waals surface area contributed by atoms with E-state index >= 15 is 0 Å². The first-order chi connectivity index (χ1) is 12.8. The predicted octanol–water partition coefficient (Wildman–Crippen LogP) is 2.82. The van der Waals surface area contributed by atoms with E-state index in [4.69, 9.17) is 5.10 Å². The van der Waals surface area contributed by atoms with Gasteiger partial charge in [0.25, 0.3) is 5.91 Å². The van der Waals surface area contributed by atoms with Gasteiger partial charge in [0.2, 0.25) is 0 Å². The van der Waals surface area contributed by atoms with Crippen LogP contribution in [0.25, 0.3) is 5.69 Å². The molecule has 3 aliphatic rings. The van der Waals surface area contributed by atoms with E-state index in [9.17, 15) is 4.79 Å². The Balaban J connectivity index is 1.44. The molecule has 5 heteroatoms. The molecule has 136 valence electrons. The number of hydrogen-bond donors (Lipinski definition) is 1. The zero-order valence-corrected chi connectivity index (χ0v) is 15.1. The number of fused-ring (bicyclic) bond motifs is 1. The molecule has 1 aromatic heterocycles. The molecule has 1 saturated carbocycles. The van der Waals surface area contributed by atoms with Gasteiger partial charge in [-0.25, -0.2) is 4.68 Å². The molecule has 26 heavy (non-hydrogen) atoms. The molecule has 0 spiro atoms. The smallest absolute Gasteiger partial charge is 0.272 e. The fraction of sp³-hybridized carbons (Fsp3) is 0.524. The van der Waals surface area contributed by atoms with Crippen molar-refractivity contribution in [1.82, 2.24) is 20.0 Å². The average Bonchev–Trinajstić information content (AvgIpc) is 3.34. The van der Waals surface area contributed by atoms with Gasteiger partial charge in [-0.15, -0.1) is 0 Å². The number of carbonyl (C=O) groups is 1. The summed E-state index contributed by atoms with van der Waals surface area (Å²) in [6.45, 7) is 3.95. The third-order valence-electron chi connectivity index (χ3n) is 6.25. The van der Waals surface area contributed by atoms with E-state index in [0.29, 0.717) is 5.92 Å². The van der Waals surface area contributed by atoms with Crippen LogP contribution in [-0.2, 0) is 0 Å². The maximum atomic E-state index is 13.4. The van der Waals surface area contributed by atoms with Crippen molar-refractivity contribution in [2.24, 2.45) is 11.8 Å². The summed E-state index contributed by atoms with van der Waals surface area (Å²) in [6.07, 6.45) is 4.61. The van der Waals surface area contributed by atoms with Crippen LogP contribution in [0.1, 0.15) is 47.8 Å². The molecule has 3 heterocycles. The maximum Gasteiger partial charge on any atom is 0.272 e. The van der Waals surface area contributed by atoms with Crippen molar-refractivity contribution in [2.75, 3.05) is 26.2 Å². The fourth-order valence-electron chi connectivity index (χ4n) is 4.48. The number of rotatable bonds is 3. The van der Waals surface area contributed by atoms with E-state index in [1.165, 1.54) is 12.8 Å². The molecule has 1 amide bonds. The molecular weight excluding hydrogens is 324 g/mol. The summed E-state index contributed by atoms with van der Waals surface area (Å²) in [7, 11) is 0. The summed E-state index contributed by atoms with van der Waals surface area (Å²) in [5.41, 5.74) is 2.77. The first kappa shape index (κ1) is 16.1. The van der Waals surface area contributed by atoms with Crippen molar-refractivity contribution in [2.45, 2.75) is 31.6 Å². The number of likely N-dealkylation sites (tertiary alicyclic amines) is 1. The van der Waals surface area contributed by atoms with Crippen LogP contribution in [0.15, 0.2) is 36.4 Å². The van der Waals surface area contributed by atoms with E-state index in [1.807, 2.05) is 41.1 Å². The molecule has 1 aromatic carbocycles. The highest BCUT2D eigenvalue weighted by atomic mass is 16.2. The van der Waals surface area contributed by atoms with Crippen molar-refractivity contribution in [1.29, 1.82) is 0 Å². The van der Waals surface area contributed by atoms with Gasteiger partial charge in [-0.05, 0) is 68.8 Å². The van der Waals surface area contributed by atoms with Crippen molar-refractivity contribution in [3.8, 4) is 5.69 Å². The monoisotopic (exact) mass is 350 g/mol. The van der Waals surface area contributed by atoms with Gasteiger partial charge < -0.3 is 10.2 Å². The van der Waals surface area contributed by atoms with Crippen LogP contribution in [0.5, 0.6) is 0 Å². The van der Waals surface area contributed by atoms with Gasteiger partial charge in [-0.3, -0.25) is 4.79 Å². The Hall–Kier alpha value is -2.14. The number of para-hydroxylation sites is 1. The Labute approximate surface area is 154 Å². The average molecular weight is 350 g/mol. The molecule has 1 N–H and O–H groups in total. The zero-order valence-electron chi connectivity index (χ0n) is 15.1. The molecule has 0 radical (unpaired) electrons. The summed E-state index contributed by atoms with van der Waals surface area (Å²) in [4.78, 5) is 15.4. The van der Waals surface area contributed by atoms with Gasteiger partial charge in [-0.2, -0.15) is 5.10 Å². The Morgan fingerprint density at radius 2 is 1.69 bits per heavy atom. The molecule has 2 saturated heterocycles. The molecule has 2 atom stereocenters. The Kier molecular flexibility index (Phi) is 4.04. The predicted molar refractivity (Wildman–Crippen MR) is 101 cm³/mol. The first-order valence-corrected chi connectivity index (χ1v) is 9.95. The lowest BCUT2D eigenvalue weighted by molar-refractivity contribution is 0.0749. The fourth-order valence-corrected chi connectivity index (χ4v) is 4.48. The summed E-state index contributed by atoms with van der Waals surface area (Å²) >= 11 is 0.